The standard InChI is InChI=1S/C36H52O4S/c1-5-22-14-23-16-24(15-22)20-33(2,19-23)21-31(39)41-29-18-25-17-26(37)6-10-34(25,3)27-7-11-35(4)28(32(27)29)8-12-36(35)13-9-30(38)40-36/h17,22-24,27-29,32H,5-16,18-21H2,1-4H3/t22?,23?,24?,27?,28?,29-,32?,33?,34?,35?,36-/m1/s1. The first-order chi connectivity index (χ1) is 19.5. The second-order valence-corrected chi connectivity index (χ2v) is 17.9. The van der Waals surface area contributed by atoms with Gasteiger partial charge in [-0.05, 0) is 129 Å². The van der Waals surface area contributed by atoms with Crippen LogP contribution in [-0.4, -0.2) is 27.7 Å². The van der Waals surface area contributed by atoms with Gasteiger partial charge in [-0.15, -0.1) is 0 Å². The molecule has 9 atom stereocenters. The number of carbonyl (C=O) groups excluding carboxylic acids is 3. The van der Waals surface area contributed by atoms with Crippen LogP contribution in [0.25, 0.3) is 0 Å². The molecule has 7 rings (SSSR count). The summed E-state index contributed by atoms with van der Waals surface area (Å²) in [6, 6.07) is 0. The molecule has 0 aromatic rings. The molecule has 2 bridgehead atoms. The van der Waals surface area contributed by atoms with E-state index in [1.54, 1.807) is 11.8 Å². The molecule has 0 amide bonds. The molecule has 226 valence electrons. The van der Waals surface area contributed by atoms with Crippen LogP contribution in [0.1, 0.15) is 130 Å². The molecular weight excluding hydrogens is 528 g/mol. The third-order valence-corrected chi connectivity index (χ3v) is 15.5. The molecule has 1 heterocycles. The van der Waals surface area contributed by atoms with Crippen molar-refractivity contribution in [1.82, 2.24) is 0 Å². The number of rotatable bonds is 4. The van der Waals surface area contributed by atoms with Gasteiger partial charge in [0.2, 0.25) is 0 Å². The number of thioether (sulfide) groups is 1. The quantitative estimate of drug-likeness (QED) is 0.312. The molecule has 7 aliphatic rings. The zero-order valence-corrected chi connectivity index (χ0v) is 26.8. The lowest BCUT2D eigenvalue weighted by molar-refractivity contribution is -0.167. The number of ketones is 1. The molecule has 5 saturated carbocycles. The fraction of sp³-hybridized carbons (Fsp3) is 0.861. The van der Waals surface area contributed by atoms with Gasteiger partial charge >= 0.3 is 5.97 Å². The van der Waals surface area contributed by atoms with E-state index in [0.29, 0.717) is 42.1 Å². The van der Waals surface area contributed by atoms with Crippen molar-refractivity contribution < 1.29 is 19.1 Å². The minimum Gasteiger partial charge on any atom is -0.458 e. The Balaban J connectivity index is 1.15. The Morgan fingerprint density at radius 1 is 0.951 bits per heavy atom. The Labute approximate surface area is 252 Å². The maximum atomic E-state index is 14.1. The van der Waals surface area contributed by atoms with Crippen LogP contribution in [0.3, 0.4) is 0 Å². The van der Waals surface area contributed by atoms with Crippen LogP contribution in [0.2, 0.25) is 0 Å². The van der Waals surface area contributed by atoms with E-state index in [-0.39, 0.29) is 38.8 Å². The van der Waals surface area contributed by atoms with E-state index in [9.17, 15) is 14.4 Å². The van der Waals surface area contributed by atoms with Gasteiger partial charge in [-0.1, -0.05) is 51.5 Å². The summed E-state index contributed by atoms with van der Waals surface area (Å²) in [6.07, 6.45) is 18.7. The van der Waals surface area contributed by atoms with E-state index in [1.807, 2.05) is 6.08 Å². The van der Waals surface area contributed by atoms with Gasteiger partial charge in [-0.3, -0.25) is 14.4 Å². The highest BCUT2D eigenvalue weighted by Gasteiger charge is 2.68. The van der Waals surface area contributed by atoms with Crippen molar-refractivity contribution in [2.75, 3.05) is 0 Å². The van der Waals surface area contributed by atoms with E-state index >= 15 is 0 Å². The van der Waals surface area contributed by atoms with Crippen LogP contribution < -0.4 is 0 Å². The molecule has 6 aliphatic carbocycles. The van der Waals surface area contributed by atoms with Crippen molar-refractivity contribution in [2.45, 2.75) is 141 Å². The first kappa shape index (κ1) is 28.7. The summed E-state index contributed by atoms with van der Waals surface area (Å²) in [4.78, 5) is 39.1. The van der Waals surface area contributed by atoms with Crippen molar-refractivity contribution >= 4 is 28.6 Å². The lowest BCUT2D eigenvalue weighted by Gasteiger charge is -2.61. The Kier molecular flexibility index (Phi) is 6.96. The minimum atomic E-state index is -0.303. The maximum Gasteiger partial charge on any atom is 0.306 e. The van der Waals surface area contributed by atoms with Gasteiger partial charge in [0, 0.05) is 29.9 Å². The smallest absolute Gasteiger partial charge is 0.306 e. The summed E-state index contributed by atoms with van der Waals surface area (Å²) in [5, 5.41) is 0.618. The first-order valence-electron chi connectivity index (χ1n) is 17.1. The minimum absolute atomic E-state index is 0.00708. The fourth-order valence-corrected chi connectivity index (χ4v) is 14.0. The monoisotopic (exact) mass is 580 g/mol. The number of hydrogen-bond donors (Lipinski definition) is 0. The molecule has 0 radical (unpaired) electrons. The van der Waals surface area contributed by atoms with Crippen LogP contribution in [0, 0.1) is 51.8 Å². The Morgan fingerprint density at radius 2 is 1.68 bits per heavy atom. The van der Waals surface area contributed by atoms with Crippen LogP contribution in [-0.2, 0) is 19.1 Å². The summed E-state index contributed by atoms with van der Waals surface area (Å²) in [5.74, 6) is 4.18. The lowest BCUT2D eigenvalue weighted by atomic mass is 9.46. The van der Waals surface area contributed by atoms with Crippen molar-refractivity contribution in [3.63, 3.8) is 0 Å². The number of carbonyl (C=O) groups is 3. The predicted molar refractivity (Wildman–Crippen MR) is 163 cm³/mol. The van der Waals surface area contributed by atoms with Crippen LogP contribution in [0.5, 0.6) is 0 Å². The number of ether oxygens (including phenoxy) is 1. The zero-order chi connectivity index (χ0) is 28.8. The normalized spacial score (nSPS) is 50.5. The molecule has 41 heavy (non-hydrogen) atoms. The highest BCUT2D eigenvalue weighted by molar-refractivity contribution is 8.14. The average molecular weight is 581 g/mol. The molecule has 5 heteroatoms. The Hall–Kier alpha value is -1.10. The van der Waals surface area contributed by atoms with Crippen molar-refractivity contribution in [1.29, 1.82) is 0 Å². The van der Waals surface area contributed by atoms with Gasteiger partial charge in [0.05, 0.1) is 0 Å². The number of hydrogen-bond acceptors (Lipinski definition) is 5. The van der Waals surface area contributed by atoms with E-state index in [2.05, 4.69) is 27.7 Å². The third-order valence-electron chi connectivity index (χ3n) is 14.3. The van der Waals surface area contributed by atoms with Crippen LogP contribution in [0.4, 0.5) is 0 Å². The Bertz CT molecular complexity index is 1140. The molecule has 1 aliphatic heterocycles. The molecule has 0 N–H and O–H groups in total. The van der Waals surface area contributed by atoms with Gasteiger partial charge < -0.3 is 4.74 Å². The van der Waals surface area contributed by atoms with Crippen molar-refractivity contribution in [3.8, 4) is 0 Å². The molecule has 6 fully saturated rings. The maximum absolute atomic E-state index is 14.1. The van der Waals surface area contributed by atoms with Gasteiger partial charge in [0.15, 0.2) is 10.9 Å². The SMILES string of the molecule is CCC1CC2CC(C1)CC(C)(CC(=O)S[C@@H]1CC3=CC(=O)CCC3(C)C3CCC4(C)C(CC[C@@]45CCC(=O)O5)C31)C2. The van der Waals surface area contributed by atoms with Crippen LogP contribution in [0.15, 0.2) is 11.6 Å². The number of allylic oxidation sites excluding steroid dienone is 1. The van der Waals surface area contributed by atoms with Gasteiger partial charge in [-0.2, -0.15) is 0 Å². The van der Waals surface area contributed by atoms with Gasteiger partial charge in [0.1, 0.15) is 5.60 Å². The fourth-order valence-electron chi connectivity index (χ4n) is 12.5. The molecule has 0 aromatic heterocycles. The summed E-state index contributed by atoms with van der Waals surface area (Å²) < 4.78 is 6.22. The molecule has 7 unspecified atom stereocenters. The highest BCUT2D eigenvalue weighted by atomic mass is 32.2. The third kappa shape index (κ3) is 4.55. The van der Waals surface area contributed by atoms with Crippen molar-refractivity contribution in [3.05, 3.63) is 11.6 Å². The Morgan fingerprint density at radius 3 is 2.37 bits per heavy atom. The van der Waals surface area contributed by atoms with Gasteiger partial charge in [0.25, 0.3) is 0 Å². The highest BCUT2D eigenvalue weighted by Crippen LogP contribution is 2.71. The number of fused-ring (bicyclic) bond motifs is 8. The van der Waals surface area contributed by atoms with Crippen LogP contribution >= 0.6 is 11.8 Å². The van der Waals surface area contributed by atoms with Gasteiger partial charge in [-0.25, -0.2) is 0 Å². The summed E-state index contributed by atoms with van der Waals surface area (Å²) in [5.41, 5.74) is 1.21. The summed E-state index contributed by atoms with van der Waals surface area (Å²) in [6.45, 7) is 9.61. The second kappa shape index (κ2) is 9.96. The largest absolute Gasteiger partial charge is 0.458 e. The predicted octanol–water partition coefficient (Wildman–Crippen LogP) is 8.47. The lowest BCUT2D eigenvalue weighted by Crippen LogP contribution is -2.57. The number of esters is 1. The average Bonchev–Trinajstić information content (AvgIpc) is 3.43. The molecular formula is C36H52O4S. The van der Waals surface area contributed by atoms with E-state index in [4.69, 9.17) is 4.74 Å². The summed E-state index contributed by atoms with van der Waals surface area (Å²) in [7, 11) is 0. The zero-order valence-electron chi connectivity index (χ0n) is 26.0. The molecule has 1 saturated heterocycles. The molecule has 4 nitrogen and oxygen atoms in total. The topological polar surface area (TPSA) is 60.4 Å². The first-order valence-corrected chi connectivity index (χ1v) is 18.0. The van der Waals surface area contributed by atoms with E-state index < -0.39 is 0 Å². The van der Waals surface area contributed by atoms with Crippen molar-refractivity contribution in [2.24, 2.45) is 51.8 Å². The van der Waals surface area contributed by atoms with E-state index in [1.165, 1.54) is 44.1 Å². The second-order valence-electron chi connectivity index (χ2n) is 16.6. The molecule has 0 aromatic carbocycles. The molecule has 1 spiro atoms. The van der Waals surface area contributed by atoms with E-state index in [0.717, 1.165) is 62.7 Å². The summed E-state index contributed by atoms with van der Waals surface area (Å²) >= 11 is 1.67.